The van der Waals surface area contributed by atoms with E-state index in [0.717, 1.165) is 12.6 Å². The highest BCUT2D eigenvalue weighted by Crippen LogP contribution is 2.31. The van der Waals surface area contributed by atoms with E-state index in [1.165, 1.54) is 45.2 Å². The Hall–Kier alpha value is -0.120. The van der Waals surface area contributed by atoms with Crippen molar-refractivity contribution in [2.45, 2.75) is 69.7 Å². The van der Waals surface area contributed by atoms with Gasteiger partial charge in [0.25, 0.3) is 0 Å². The van der Waals surface area contributed by atoms with Gasteiger partial charge in [-0.3, -0.25) is 4.90 Å². The molecule has 2 unspecified atom stereocenters. The number of nitrogens with one attached hydrogen (secondary N) is 1. The van der Waals surface area contributed by atoms with Crippen molar-refractivity contribution in [2.75, 3.05) is 19.6 Å². The van der Waals surface area contributed by atoms with Crippen LogP contribution >= 0.6 is 0 Å². The molecule has 0 radical (unpaired) electrons. The molecule has 3 nitrogen and oxygen atoms in total. The SMILES string of the molecule is CC1(C)CCC(CNC2CCN(C3CC3)C2)O1. The van der Waals surface area contributed by atoms with Crippen molar-refractivity contribution in [2.24, 2.45) is 0 Å². The summed E-state index contributed by atoms with van der Waals surface area (Å²) in [4.78, 5) is 2.66. The van der Waals surface area contributed by atoms with Crippen molar-refractivity contribution < 1.29 is 4.74 Å². The maximum atomic E-state index is 6.02. The molecule has 0 amide bonds. The van der Waals surface area contributed by atoms with Crippen LogP contribution in [0.4, 0.5) is 0 Å². The van der Waals surface area contributed by atoms with Crippen molar-refractivity contribution in [1.29, 1.82) is 0 Å². The Kier molecular flexibility index (Phi) is 3.18. The molecule has 17 heavy (non-hydrogen) atoms. The Morgan fingerprint density at radius 1 is 1.24 bits per heavy atom. The molecule has 2 saturated heterocycles. The van der Waals surface area contributed by atoms with E-state index in [2.05, 4.69) is 24.1 Å². The van der Waals surface area contributed by atoms with E-state index in [0.29, 0.717) is 12.1 Å². The normalized spacial score (nSPS) is 37.8. The summed E-state index contributed by atoms with van der Waals surface area (Å²) in [5, 5.41) is 3.71. The molecule has 0 aromatic heterocycles. The molecule has 2 heterocycles. The minimum absolute atomic E-state index is 0.113. The minimum atomic E-state index is 0.113. The second-order valence-corrected chi connectivity index (χ2v) is 6.66. The van der Waals surface area contributed by atoms with E-state index >= 15 is 0 Å². The zero-order chi connectivity index (χ0) is 11.9. The average Bonchev–Trinajstić information content (AvgIpc) is 2.92. The van der Waals surface area contributed by atoms with E-state index in [4.69, 9.17) is 4.74 Å². The van der Waals surface area contributed by atoms with Crippen molar-refractivity contribution >= 4 is 0 Å². The fraction of sp³-hybridized carbons (Fsp3) is 1.00. The van der Waals surface area contributed by atoms with Crippen LogP contribution in [0.1, 0.15) is 46.0 Å². The first-order chi connectivity index (χ1) is 8.12. The van der Waals surface area contributed by atoms with Gasteiger partial charge in [-0.15, -0.1) is 0 Å². The highest BCUT2D eigenvalue weighted by molar-refractivity contribution is 4.92. The van der Waals surface area contributed by atoms with Crippen molar-refractivity contribution in [3.63, 3.8) is 0 Å². The molecule has 3 rings (SSSR count). The van der Waals surface area contributed by atoms with E-state index in [-0.39, 0.29) is 5.60 Å². The molecular weight excluding hydrogens is 212 g/mol. The van der Waals surface area contributed by atoms with Gasteiger partial charge in [0.2, 0.25) is 0 Å². The van der Waals surface area contributed by atoms with E-state index in [1.807, 2.05) is 0 Å². The lowest BCUT2D eigenvalue weighted by Crippen LogP contribution is -2.38. The van der Waals surface area contributed by atoms with Gasteiger partial charge in [-0.25, -0.2) is 0 Å². The zero-order valence-electron chi connectivity index (χ0n) is 11.2. The summed E-state index contributed by atoms with van der Waals surface area (Å²) < 4.78 is 6.02. The molecule has 3 aliphatic rings. The van der Waals surface area contributed by atoms with Crippen LogP contribution in [0.15, 0.2) is 0 Å². The second kappa shape index (κ2) is 4.52. The van der Waals surface area contributed by atoms with E-state index in [9.17, 15) is 0 Å². The standard InChI is InChI=1S/C14H26N2O/c1-14(2)7-5-13(17-14)9-15-11-6-8-16(10-11)12-3-4-12/h11-13,15H,3-10H2,1-2H3. The largest absolute Gasteiger partial charge is 0.371 e. The lowest BCUT2D eigenvalue weighted by atomic mass is 10.1. The van der Waals surface area contributed by atoms with Gasteiger partial charge in [0.05, 0.1) is 11.7 Å². The summed E-state index contributed by atoms with van der Waals surface area (Å²) >= 11 is 0. The number of rotatable bonds is 4. The molecule has 3 fully saturated rings. The Labute approximate surface area is 105 Å². The van der Waals surface area contributed by atoms with Gasteiger partial charge in [-0.1, -0.05) is 0 Å². The number of hydrogen-bond donors (Lipinski definition) is 1. The van der Waals surface area contributed by atoms with Gasteiger partial charge in [-0.05, 0) is 46.0 Å². The van der Waals surface area contributed by atoms with Crippen LogP contribution in [0, 0.1) is 0 Å². The lowest BCUT2D eigenvalue weighted by molar-refractivity contribution is -0.0150. The first-order valence-electron chi connectivity index (χ1n) is 7.28. The van der Waals surface area contributed by atoms with Gasteiger partial charge in [0, 0.05) is 31.7 Å². The van der Waals surface area contributed by atoms with Gasteiger partial charge in [0.1, 0.15) is 0 Å². The summed E-state index contributed by atoms with van der Waals surface area (Å²) in [6.07, 6.45) is 7.07. The van der Waals surface area contributed by atoms with Crippen LogP contribution in [0.5, 0.6) is 0 Å². The average molecular weight is 238 g/mol. The first kappa shape index (κ1) is 11.9. The number of likely N-dealkylation sites (tertiary alicyclic amines) is 1. The lowest BCUT2D eigenvalue weighted by Gasteiger charge is -2.21. The summed E-state index contributed by atoms with van der Waals surface area (Å²) in [5.74, 6) is 0. The Morgan fingerprint density at radius 3 is 2.71 bits per heavy atom. The topological polar surface area (TPSA) is 24.5 Å². The monoisotopic (exact) mass is 238 g/mol. The first-order valence-corrected chi connectivity index (χ1v) is 7.28. The summed E-state index contributed by atoms with van der Waals surface area (Å²) in [7, 11) is 0. The fourth-order valence-electron chi connectivity index (χ4n) is 3.24. The number of ether oxygens (including phenoxy) is 1. The second-order valence-electron chi connectivity index (χ2n) is 6.66. The van der Waals surface area contributed by atoms with Gasteiger partial charge < -0.3 is 10.1 Å². The smallest absolute Gasteiger partial charge is 0.0707 e. The fourth-order valence-corrected chi connectivity index (χ4v) is 3.24. The molecule has 98 valence electrons. The summed E-state index contributed by atoms with van der Waals surface area (Å²) in [6, 6.07) is 1.64. The van der Waals surface area contributed by atoms with E-state index < -0.39 is 0 Å². The third kappa shape index (κ3) is 3.01. The molecule has 0 spiro atoms. The van der Waals surface area contributed by atoms with Gasteiger partial charge in [0.15, 0.2) is 0 Å². The summed E-state index contributed by atoms with van der Waals surface area (Å²) in [6.45, 7) is 8.03. The van der Waals surface area contributed by atoms with Crippen LogP contribution in [-0.4, -0.2) is 48.3 Å². The molecule has 1 saturated carbocycles. The zero-order valence-corrected chi connectivity index (χ0v) is 11.2. The van der Waals surface area contributed by atoms with Crippen molar-refractivity contribution in [3.8, 4) is 0 Å². The molecule has 2 aliphatic heterocycles. The maximum Gasteiger partial charge on any atom is 0.0707 e. The molecule has 0 bridgehead atoms. The quantitative estimate of drug-likeness (QED) is 0.808. The minimum Gasteiger partial charge on any atom is -0.371 e. The molecule has 1 aliphatic carbocycles. The van der Waals surface area contributed by atoms with Gasteiger partial charge in [-0.2, -0.15) is 0 Å². The highest BCUT2D eigenvalue weighted by Gasteiger charge is 2.35. The summed E-state index contributed by atoms with van der Waals surface area (Å²) in [5.41, 5.74) is 0.113. The molecule has 2 atom stereocenters. The van der Waals surface area contributed by atoms with Crippen LogP contribution in [0.3, 0.4) is 0 Å². The highest BCUT2D eigenvalue weighted by atomic mass is 16.5. The van der Waals surface area contributed by atoms with Crippen LogP contribution in [0.2, 0.25) is 0 Å². The van der Waals surface area contributed by atoms with Crippen LogP contribution in [-0.2, 0) is 4.74 Å². The molecular formula is C14H26N2O. The van der Waals surface area contributed by atoms with Gasteiger partial charge >= 0.3 is 0 Å². The van der Waals surface area contributed by atoms with Crippen molar-refractivity contribution in [3.05, 3.63) is 0 Å². The molecule has 1 N–H and O–H groups in total. The predicted molar refractivity (Wildman–Crippen MR) is 69.2 cm³/mol. The third-order valence-corrected chi connectivity index (χ3v) is 4.47. The number of nitrogens with zero attached hydrogens (tertiary/aromatic N) is 1. The third-order valence-electron chi connectivity index (χ3n) is 4.47. The van der Waals surface area contributed by atoms with Crippen molar-refractivity contribution in [1.82, 2.24) is 10.2 Å². The Morgan fingerprint density at radius 2 is 2.06 bits per heavy atom. The van der Waals surface area contributed by atoms with Crippen LogP contribution < -0.4 is 5.32 Å². The Balaban J connectivity index is 1.37. The molecule has 0 aromatic rings. The predicted octanol–water partition coefficient (Wildman–Crippen LogP) is 1.77. The molecule has 3 heteroatoms. The molecule has 0 aromatic carbocycles. The van der Waals surface area contributed by atoms with E-state index in [1.54, 1.807) is 0 Å². The maximum absolute atomic E-state index is 6.02. The van der Waals surface area contributed by atoms with Crippen LogP contribution in [0.25, 0.3) is 0 Å². The Bertz CT molecular complexity index is 275. The number of hydrogen-bond acceptors (Lipinski definition) is 3.